The van der Waals surface area contributed by atoms with Gasteiger partial charge in [0.2, 0.25) is 0 Å². The van der Waals surface area contributed by atoms with E-state index in [1.54, 1.807) is 13.2 Å². The highest BCUT2D eigenvalue weighted by Gasteiger charge is 2.24. The standard InChI is InChI=1S/C17H21FN2O/c1-17(12-19,11-13-6-5-7-14(18)10-13)20-15-8-3-4-9-16(15)21-2/h3-10,20H,11-12,19H2,1-2H3. The van der Waals surface area contributed by atoms with Crippen molar-refractivity contribution < 1.29 is 9.13 Å². The predicted octanol–water partition coefficient (Wildman–Crippen LogP) is 3.21. The fraction of sp³-hybridized carbons (Fsp3) is 0.294. The summed E-state index contributed by atoms with van der Waals surface area (Å²) < 4.78 is 18.7. The molecule has 2 aromatic rings. The summed E-state index contributed by atoms with van der Waals surface area (Å²) >= 11 is 0. The minimum Gasteiger partial charge on any atom is -0.495 e. The molecule has 3 N–H and O–H groups in total. The van der Waals surface area contributed by atoms with Crippen LogP contribution in [0.1, 0.15) is 12.5 Å². The normalized spacial score (nSPS) is 13.5. The van der Waals surface area contributed by atoms with E-state index >= 15 is 0 Å². The number of anilines is 1. The Morgan fingerprint density at radius 1 is 1.19 bits per heavy atom. The first-order chi connectivity index (χ1) is 10.1. The van der Waals surface area contributed by atoms with Crippen LogP contribution in [-0.2, 0) is 6.42 Å². The molecule has 0 fully saturated rings. The second-order valence-electron chi connectivity index (χ2n) is 5.40. The van der Waals surface area contributed by atoms with Gasteiger partial charge in [-0.05, 0) is 43.2 Å². The maximum atomic E-state index is 13.3. The lowest BCUT2D eigenvalue weighted by atomic mass is 9.92. The smallest absolute Gasteiger partial charge is 0.141 e. The molecule has 4 heteroatoms. The molecule has 0 aliphatic carbocycles. The molecule has 0 spiro atoms. The van der Waals surface area contributed by atoms with E-state index in [4.69, 9.17) is 10.5 Å². The van der Waals surface area contributed by atoms with E-state index in [-0.39, 0.29) is 11.4 Å². The third-order valence-corrected chi connectivity index (χ3v) is 3.48. The molecule has 1 atom stereocenters. The summed E-state index contributed by atoms with van der Waals surface area (Å²) in [5, 5.41) is 3.42. The van der Waals surface area contributed by atoms with Crippen LogP contribution in [0.15, 0.2) is 48.5 Å². The van der Waals surface area contributed by atoms with Crippen LogP contribution in [0.2, 0.25) is 0 Å². The van der Waals surface area contributed by atoms with Crippen molar-refractivity contribution >= 4 is 5.69 Å². The van der Waals surface area contributed by atoms with Gasteiger partial charge in [0, 0.05) is 6.54 Å². The molecule has 21 heavy (non-hydrogen) atoms. The van der Waals surface area contributed by atoms with Crippen LogP contribution < -0.4 is 15.8 Å². The molecule has 1 unspecified atom stereocenters. The monoisotopic (exact) mass is 288 g/mol. The van der Waals surface area contributed by atoms with Crippen molar-refractivity contribution in [3.63, 3.8) is 0 Å². The number of benzene rings is 2. The SMILES string of the molecule is COc1ccccc1NC(C)(CN)Cc1cccc(F)c1. The van der Waals surface area contributed by atoms with Gasteiger partial charge in [-0.15, -0.1) is 0 Å². The van der Waals surface area contributed by atoms with Gasteiger partial charge in [-0.2, -0.15) is 0 Å². The van der Waals surface area contributed by atoms with Gasteiger partial charge in [-0.1, -0.05) is 24.3 Å². The topological polar surface area (TPSA) is 47.3 Å². The molecule has 0 radical (unpaired) electrons. The van der Waals surface area contributed by atoms with Crippen LogP contribution in [0.5, 0.6) is 5.75 Å². The Balaban J connectivity index is 2.21. The first kappa shape index (κ1) is 15.3. The van der Waals surface area contributed by atoms with E-state index in [0.29, 0.717) is 13.0 Å². The molecule has 112 valence electrons. The highest BCUT2D eigenvalue weighted by molar-refractivity contribution is 5.57. The van der Waals surface area contributed by atoms with Crippen LogP contribution in [0, 0.1) is 5.82 Å². The van der Waals surface area contributed by atoms with E-state index in [9.17, 15) is 4.39 Å². The van der Waals surface area contributed by atoms with Crippen molar-refractivity contribution in [3.05, 3.63) is 59.9 Å². The summed E-state index contributed by atoms with van der Waals surface area (Å²) in [4.78, 5) is 0. The third kappa shape index (κ3) is 3.95. The lowest BCUT2D eigenvalue weighted by Gasteiger charge is -2.31. The molecular formula is C17H21FN2O. The summed E-state index contributed by atoms with van der Waals surface area (Å²) in [5.41, 5.74) is 7.34. The molecule has 3 nitrogen and oxygen atoms in total. The maximum Gasteiger partial charge on any atom is 0.141 e. The first-order valence-corrected chi connectivity index (χ1v) is 6.92. The highest BCUT2D eigenvalue weighted by Crippen LogP contribution is 2.27. The molecule has 0 saturated carbocycles. The van der Waals surface area contributed by atoms with Crippen molar-refractivity contribution in [2.45, 2.75) is 18.9 Å². The second kappa shape index (κ2) is 6.59. The number of rotatable bonds is 6. The Labute approximate surface area is 124 Å². The number of nitrogens with two attached hydrogens (primary N) is 1. The zero-order valence-corrected chi connectivity index (χ0v) is 12.4. The van der Waals surface area contributed by atoms with Crippen molar-refractivity contribution in [1.29, 1.82) is 0 Å². The minimum atomic E-state index is -0.386. The Morgan fingerprint density at radius 3 is 2.62 bits per heavy atom. The van der Waals surface area contributed by atoms with Crippen LogP contribution in [0.25, 0.3) is 0 Å². The van der Waals surface area contributed by atoms with E-state index in [0.717, 1.165) is 17.0 Å². The Kier molecular flexibility index (Phi) is 4.81. The molecule has 0 saturated heterocycles. The predicted molar refractivity (Wildman–Crippen MR) is 84.2 cm³/mol. The Hall–Kier alpha value is -2.07. The lowest BCUT2D eigenvalue weighted by molar-refractivity contribution is 0.413. The number of ether oxygens (including phenoxy) is 1. The number of methoxy groups -OCH3 is 1. The molecular weight excluding hydrogens is 267 g/mol. The van der Waals surface area contributed by atoms with Crippen LogP contribution in [0.3, 0.4) is 0 Å². The molecule has 0 aliphatic rings. The average molecular weight is 288 g/mol. The first-order valence-electron chi connectivity index (χ1n) is 6.92. The molecule has 0 aromatic heterocycles. The van der Waals surface area contributed by atoms with Gasteiger partial charge in [0.05, 0.1) is 18.3 Å². The highest BCUT2D eigenvalue weighted by atomic mass is 19.1. The molecule has 0 heterocycles. The van der Waals surface area contributed by atoms with Gasteiger partial charge in [-0.25, -0.2) is 4.39 Å². The van der Waals surface area contributed by atoms with Crippen LogP contribution in [0.4, 0.5) is 10.1 Å². The fourth-order valence-corrected chi connectivity index (χ4v) is 2.34. The van der Waals surface area contributed by atoms with Crippen LogP contribution in [-0.4, -0.2) is 19.2 Å². The van der Waals surface area contributed by atoms with Crippen molar-refractivity contribution in [2.24, 2.45) is 5.73 Å². The molecule has 0 bridgehead atoms. The summed E-state index contributed by atoms with van der Waals surface area (Å²) in [6.45, 7) is 2.44. The van der Waals surface area contributed by atoms with Gasteiger partial charge >= 0.3 is 0 Å². The van der Waals surface area contributed by atoms with Crippen molar-refractivity contribution in [2.75, 3.05) is 19.0 Å². The summed E-state index contributed by atoms with van der Waals surface area (Å²) in [7, 11) is 1.63. The van der Waals surface area contributed by atoms with E-state index < -0.39 is 0 Å². The van der Waals surface area contributed by atoms with E-state index in [2.05, 4.69) is 5.32 Å². The van der Waals surface area contributed by atoms with Gasteiger partial charge in [0.25, 0.3) is 0 Å². The number of para-hydroxylation sites is 2. The van der Waals surface area contributed by atoms with Gasteiger partial charge in [0.1, 0.15) is 11.6 Å². The van der Waals surface area contributed by atoms with Crippen molar-refractivity contribution in [3.8, 4) is 5.75 Å². The maximum absolute atomic E-state index is 13.3. The summed E-state index contributed by atoms with van der Waals surface area (Å²) in [6.07, 6.45) is 0.624. The van der Waals surface area contributed by atoms with E-state index in [1.807, 2.05) is 37.3 Å². The average Bonchev–Trinajstić information content (AvgIpc) is 2.47. The quantitative estimate of drug-likeness (QED) is 0.858. The zero-order valence-electron chi connectivity index (χ0n) is 12.4. The number of hydrogen-bond donors (Lipinski definition) is 2. The Bertz CT molecular complexity index is 603. The Morgan fingerprint density at radius 2 is 1.95 bits per heavy atom. The zero-order chi connectivity index (χ0) is 15.3. The van der Waals surface area contributed by atoms with Gasteiger partial charge in [0.15, 0.2) is 0 Å². The lowest BCUT2D eigenvalue weighted by Crippen LogP contribution is -2.44. The molecule has 2 rings (SSSR count). The van der Waals surface area contributed by atoms with Gasteiger partial charge < -0.3 is 15.8 Å². The van der Waals surface area contributed by atoms with Gasteiger partial charge in [-0.3, -0.25) is 0 Å². The molecule has 0 amide bonds. The van der Waals surface area contributed by atoms with Crippen LogP contribution >= 0.6 is 0 Å². The largest absolute Gasteiger partial charge is 0.495 e. The second-order valence-corrected chi connectivity index (χ2v) is 5.40. The number of halogens is 1. The molecule has 2 aromatic carbocycles. The molecule has 0 aliphatic heterocycles. The minimum absolute atomic E-state index is 0.232. The summed E-state index contributed by atoms with van der Waals surface area (Å²) in [6, 6.07) is 14.3. The van der Waals surface area contributed by atoms with Crippen molar-refractivity contribution in [1.82, 2.24) is 0 Å². The number of hydrogen-bond acceptors (Lipinski definition) is 3. The summed E-state index contributed by atoms with van der Waals surface area (Å²) in [5.74, 6) is 0.528. The number of nitrogens with one attached hydrogen (secondary N) is 1. The van der Waals surface area contributed by atoms with E-state index in [1.165, 1.54) is 12.1 Å². The third-order valence-electron chi connectivity index (χ3n) is 3.48. The fourth-order valence-electron chi connectivity index (χ4n) is 2.34.